The molecule has 4 rings (SSSR count). The zero-order valence-corrected chi connectivity index (χ0v) is 14.8. The van der Waals surface area contributed by atoms with Crippen LogP contribution in [0.5, 0.6) is 0 Å². The molecule has 26 heavy (non-hydrogen) atoms. The number of fused-ring (bicyclic) bond motifs is 1. The van der Waals surface area contributed by atoms with Gasteiger partial charge in [0.05, 0.1) is 28.4 Å². The Morgan fingerprint density at radius 1 is 1.12 bits per heavy atom. The Hall–Kier alpha value is -2.77. The molecule has 0 aliphatic carbocycles. The van der Waals surface area contributed by atoms with Gasteiger partial charge in [-0.2, -0.15) is 0 Å². The van der Waals surface area contributed by atoms with E-state index >= 15 is 0 Å². The van der Waals surface area contributed by atoms with Crippen molar-refractivity contribution in [3.8, 4) is 0 Å². The first-order chi connectivity index (χ1) is 12.7. The van der Waals surface area contributed by atoms with Gasteiger partial charge in [0.15, 0.2) is 0 Å². The number of benzene rings is 2. The van der Waals surface area contributed by atoms with Gasteiger partial charge in [-0.15, -0.1) is 11.3 Å². The van der Waals surface area contributed by atoms with Crippen LogP contribution in [0.2, 0.25) is 0 Å². The van der Waals surface area contributed by atoms with E-state index in [1.165, 1.54) is 29.2 Å². The molecule has 7 heteroatoms. The van der Waals surface area contributed by atoms with Crippen molar-refractivity contribution in [1.82, 2.24) is 4.98 Å². The third kappa shape index (κ3) is 3.58. The number of rotatable bonds is 4. The lowest BCUT2D eigenvalue weighted by atomic mass is 10.2. The fraction of sp³-hybridized carbons (Fsp3) is 0.211. The van der Waals surface area contributed by atoms with Crippen molar-refractivity contribution in [1.29, 1.82) is 0 Å². The monoisotopic (exact) mass is 367 g/mol. The van der Waals surface area contributed by atoms with E-state index in [1.807, 2.05) is 12.2 Å². The summed E-state index contributed by atoms with van der Waals surface area (Å²) in [6.45, 7) is 3.40. The number of nitro benzene ring substituents is 1. The SMILES string of the molecule is O=[N+]([O-])c1ccc2sc(/C=C/c3ccc(N4CCOCC4)cc3)nc2c1. The molecule has 0 amide bonds. The Labute approximate surface area is 154 Å². The normalized spacial score (nSPS) is 15.0. The quantitative estimate of drug-likeness (QED) is 0.510. The largest absolute Gasteiger partial charge is 0.378 e. The summed E-state index contributed by atoms with van der Waals surface area (Å²) in [5.74, 6) is 0. The summed E-state index contributed by atoms with van der Waals surface area (Å²) in [4.78, 5) is 17.2. The number of thiazole rings is 1. The van der Waals surface area contributed by atoms with Crippen LogP contribution >= 0.6 is 11.3 Å². The van der Waals surface area contributed by atoms with Crippen molar-refractivity contribution >= 4 is 45.1 Å². The van der Waals surface area contributed by atoms with E-state index < -0.39 is 4.92 Å². The number of nitro groups is 1. The van der Waals surface area contributed by atoms with Crippen molar-refractivity contribution in [3.05, 3.63) is 63.1 Å². The number of aromatic nitrogens is 1. The molecule has 1 aliphatic rings. The van der Waals surface area contributed by atoms with Gasteiger partial charge in [0.1, 0.15) is 5.01 Å². The van der Waals surface area contributed by atoms with Crippen LogP contribution in [0.4, 0.5) is 11.4 Å². The number of ether oxygens (including phenoxy) is 1. The average Bonchev–Trinajstić information content (AvgIpc) is 3.09. The number of nitrogens with zero attached hydrogens (tertiary/aromatic N) is 3. The molecule has 3 aromatic rings. The highest BCUT2D eigenvalue weighted by atomic mass is 32.1. The summed E-state index contributed by atoms with van der Waals surface area (Å²) in [5.41, 5.74) is 3.02. The summed E-state index contributed by atoms with van der Waals surface area (Å²) in [6.07, 6.45) is 3.95. The molecule has 0 N–H and O–H groups in total. The van der Waals surface area contributed by atoms with E-state index in [2.05, 4.69) is 34.1 Å². The minimum atomic E-state index is -0.398. The molecule has 1 aromatic heterocycles. The molecule has 2 aromatic carbocycles. The van der Waals surface area contributed by atoms with Gasteiger partial charge in [0, 0.05) is 30.9 Å². The van der Waals surface area contributed by atoms with Crippen molar-refractivity contribution in [3.63, 3.8) is 0 Å². The summed E-state index contributed by atoms with van der Waals surface area (Å²) in [7, 11) is 0. The maximum absolute atomic E-state index is 10.9. The van der Waals surface area contributed by atoms with Crippen LogP contribution in [0, 0.1) is 10.1 Å². The maximum Gasteiger partial charge on any atom is 0.271 e. The average molecular weight is 367 g/mol. The minimum Gasteiger partial charge on any atom is -0.378 e. The van der Waals surface area contributed by atoms with Gasteiger partial charge < -0.3 is 9.64 Å². The maximum atomic E-state index is 10.9. The topological polar surface area (TPSA) is 68.5 Å². The molecule has 0 atom stereocenters. The Balaban J connectivity index is 1.50. The van der Waals surface area contributed by atoms with Crippen LogP contribution in [0.1, 0.15) is 10.6 Å². The van der Waals surface area contributed by atoms with Crippen LogP contribution in [-0.4, -0.2) is 36.2 Å². The third-order valence-electron chi connectivity index (χ3n) is 4.29. The van der Waals surface area contributed by atoms with Crippen molar-refractivity contribution in [2.45, 2.75) is 0 Å². The van der Waals surface area contributed by atoms with Crippen LogP contribution in [0.25, 0.3) is 22.4 Å². The molecule has 6 nitrogen and oxygen atoms in total. The van der Waals surface area contributed by atoms with Gasteiger partial charge >= 0.3 is 0 Å². The second-order valence-corrected chi connectivity index (χ2v) is 7.05. The molecule has 1 saturated heterocycles. The molecule has 0 radical (unpaired) electrons. The van der Waals surface area contributed by atoms with Crippen LogP contribution < -0.4 is 4.90 Å². The first-order valence-electron chi connectivity index (χ1n) is 8.35. The molecule has 0 spiro atoms. The standard InChI is InChI=1S/C19H17N3O3S/c23-22(24)16-6-7-18-17(13-16)20-19(26-18)8-3-14-1-4-15(5-2-14)21-9-11-25-12-10-21/h1-8,13H,9-12H2/b8-3+. The molecule has 0 bridgehead atoms. The molecule has 0 unspecified atom stereocenters. The van der Waals surface area contributed by atoms with Gasteiger partial charge in [-0.05, 0) is 29.8 Å². The number of non-ortho nitro benzene ring substituents is 1. The lowest BCUT2D eigenvalue weighted by Crippen LogP contribution is -2.36. The van der Waals surface area contributed by atoms with Crippen molar-refractivity contribution < 1.29 is 9.66 Å². The zero-order chi connectivity index (χ0) is 17.9. The van der Waals surface area contributed by atoms with E-state index in [-0.39, 0.29) is 5.69 Å². The highest BCUT2D eigenvalue weighted by molar-refractivity contribution is 7.19. The molecule has 2 heterocycles. The number of morpholine rings is 1. The predicted octanol–water partition coefficient (Wildman–Crippen LogP) is 4.21. The van der Waals surface area contributed by atoms with Crippen molar-refractivity contribution in [2.75, 3.05) is 31.2 Å². The van der Waals surface area contributed by atoms with E-state index in [1.54, 1.807) is 6.07 Å². The van der Waals surface area contributed by atoms with E-state index in [9.17, 15) is 10.1 Å². The summed E-state index contributed by atoms with van der Waals surface area (Å²) < 4.78 is 6.32. The number of hydrogen-bond donors (Lipinski definition) is 0. The number of anilines is 1. The second kappa shape index (κ2) is 7.23. The van der Waals surface area contributed by atoms with Gasteiger partial charge in [-0.1, -0.05) is 18.2 Å². The van der Waals surface area contributed by atoms with Gasteiger partial charge in [-0.3, -0.25) is 10.1 Å². The molecule has 1 aliphatic heterocycles. The van der Waals surface area contributed by atoms with E-state index in [0.717, 1.165) is 41.6 Å². The fourth-order valence-corrected chi connectivity index (χ4v) is 3.75. The molecule has 0 saturated carbocycles. The molecular weight excluding hydrogens is 350 g/mol. The predicted molar refractivity (Wildman–Crippen MR) is 105 cm³/mol. The van der Waals surface area contributed by atoms with Gasteiger partial charge in [0.2, 0.25) is 0 Å². The Morgan fingerprint density at radius 3 is 2.62 bits per heavy atom. The first kappa shape index (κ1) is 16.7. The highest BCUT2D eigenvalue weighted by Gasteiger charge is 2.11. The van der Waals surface area contributed by atoms with E-state index in [4.69, 9.17) is 4.74 Å². The van der Waals surface area contributed by atoms with Gasteiger partial charge in [-0.25, -0.2) is 4.98 Å². The molecule has 1 fully saturated rings. The molecule has 132 valence electrons. The highest BCUT2D eigenvalue weighted by Crippen LogP contribution is 2.27. The van der Waals surface area contributed by atoms with Crippen molar-refractivity contribution in [2.24, 2.45) is 0 Å². The Bertz CT molecular complexity index is 960. The number of hydrogen-bond acceptors (Lipinski definition) is 6. The third-order valence-corrected chi connectivity index (χ3v) is 5.29. The Kier molecular flexibility index (Phi) is 4.64. The first-order valence-corrected chi connectivity index (χ1v) is 9.16. The fourth-order valence-electron chi connectivity index (χ4n) is 2.90. The van der Waals surface area contributed by atoms with Crippen LogP contribution in [-0.2, 0) is 4.74 Å². The smallest absolute Gasteiger partial charge is 0.271 e. The lowest BCUT2D eigenvalue weighted by molar-refractivity contribution is -0.384. The van der Waals surface area contributed by atoms with Crippen LogP contribution in [0.15, 0.2) is 42.5 Å². The summed E-state index contributed by atoms with van der Waals surface area (Å²) in [6, 6.07) is 13.2. The second-order valence-electron chi connectivity index (χ2n) is 5.99. The zero-order valence-electron chi connectivity index (χ0n) is 14.0. The lowest BCUT2D eigenvalue weighted by Gasteiger charge is -2.28. The minimum absolute atomic E-state index is 0.0667. The molecular formula is C19H17N3O3S. The Morgan fingerprint density at radius 2 is 1.88 bits per heavy atom. The van der Waals surface area contributed by atoms with E-state index in [0.29, 0.717) is 5.52 Å². The summed E-state index contributed by atoms with van der Waals surface area (Å²) in [5, 5.41) is 11.7. The van der Waals surface area contributed by atoms with Gasteiger partial charge in [0.25, 0.3) is 5.69 Å². The van der Waals surface area contributed by atoms with Crippen LogP contribution in [0.3, 0.4) is 0 Å². The summed E-state index contributed by atoms with van der Waals surface area (Å²) >= 11 is 1.52.